The summed E-state index contributed by atoms with van der Waals surface area (Å²) in [5.74, 6) is 0.748. The molecule has 162 valence electrons. The van der Waals surface area contributed by atoms with Crippen molar-refractivity contribution in [2.45, 2.75) is 26.3 Å². The maximum atomic E-state index is 11.6. The minimum absolute atomic E-state index is 0.0996. The zero-order chi connectivity index (χ0) is 22.2. The molecule has 32 heavy (non-hydrogen) atoms. The van der Waals surface area contributed by atoms with Crippen molar-refractivity contribution in [2.24, 2.45) is 0 Å². The molecule has 0 saturated carbocycles. The summed E-state index contributed by atoms with van der Waals surface area (Å²) in [6.07, 6.45) is 1.85. The number of anilines is 1. The first-order valence-corrected chi connectivity index (χ1v) is 12.0. The van der Waals surface area contributed by atoms with Gasteiger partial charge < -0.3 is 14.6 Å². The van der Waals surface area contributed by atoms with E-state index in [0.717, 1.165) is 41.0 Å². The number of hydrogen-bond donors (Lipinski definition) is 1. The highest BCUT2D eigenvalue weighted by Crippen LogP contribution is 2.47. The van der Waals surface area contributed by atoms with Gasteiger partial charge in [-0.25, -0.2) is 4.98 Å². The summed E-state index contributed by atoms with van der Waals surface area (Å²) in [7, 11) is 1.68. The molecule has 2 aromatic heterocycles. The van der Waals surface area contributed by atoms with Crippen LogP contribution in [0.5, 0.6) is 5.75 Å². The number of nitrogens with zero attached hydrogens (tertiary/aromatic N) is 2. The van der Waals surface area contributed by atoms with E-state index in [1.165, 1.54) is 34.2 Å². The minimum atomic E-state index is -0.0996. The number of benzene rings is 2. The van der Waals surface area contributed by atoms with Crippen LogP contribution in [-0.4, -0.2) is 22.6 Å². The molecule has 0 bridgehead atoms. The summed E-state index contributed by atoms with van der Waals surface area (Å²) in [5, 5.41) is 3.51. The summed E-state index contributed by atoms with van der Waals surface area (Å²) in [6.45, 7) is 2.24. The smallest absolute Gasteiger partial charge is 0.223 e. The van der Waals surface area contributed by atoms with Crippen molar-refractivity contribution in [3.8, 4) is 28.3 Å². The quantitative estimate of drug-likeness (QED) is 0.352. The van der Waals surface area contributed by atoms with Crippen molar-refractivity contribution in [1.29, 1.82) is 0 Å². The number of ether oxygens (including phenoxy) is 1. The Balaban J connectivity index is 1.66. The zero-order valence-corrected chi connectivity index (χ0v) is 20.2. The van der Waals surface area contributed by atoms with Gasteiger partial charge in [-0.1, -0.05) is 42.5 Å². The number of aryl methyl sites for hydroxylation is 1. The lowest BCUT2D eigenvalue weighted by Crippen LogP contribution is -2.05. The van der Waals surface area contributed by atoms with Crippen LogP contribution in [0.3, 0.4) is 0 Å². The number of thiazole rings is 1. The molecule has 1 amide bonds. The number of halogens is 1. The first-order valence-electron chi connectivity index (χ1n) is 10.4. The van der Waals surface area contributed by atoms with Gasteiger partial charge in [0, 0.05) is 23.9 Å². The molecule has 0 atom stereocenters. The second kappa shape index (κ2) is 8.56. The predicted molar refractivity (Wildman–Crippen MR) is 132 cm³/mol. The maximum absolute atomic E-state index is 11.6. The van der Waals surface area contributed by atoms with Crippen LogP contribution >= 0.6 is 27.3 Å². The standard InChI is InChI=1S/C25H22BrN3O2S/c1-15(30)27-25-28-22-20(32-25)13-12-19-21(22)24(26)29(23(19)17-6-4-3-5-7-17)14-16-8-10-18(31-2)11-9-16/h3-11H,12-14H2,1-2H3,(H,27,28,30). The van der Waals surface area contributed by atoms with Crippen LogP contribution in [0.4, 0.5) is 5.13 Å². The van der Waals surface area contributed by atoms with Crippen molar-refractivity contribution >= 4 is 38.3 Å². The van der Waals surface area contributed by atoms with E-state index in [0.29, 0.717) is 5.13 Å². The van der Waals surface area contributed by atoms with Crippen molar-refractivity contribution in [3.05, 3.63) is 75.2 Å². The summed E-state index contributed by atoms with van der Waals surface area (Å²) in [5.41, 5.74) is 6.98. The van der Waals surface area contributed by atoms with Gasteiger partial charge in [-0.3, -0.25) is 4.79 Å². The molecule has 0 radical (unpaired) electrons. The number of fused-ring (bicyclic) bond motifs is 3. The number of aromatic nitrogens is 2. The first kappa shape index (κ1) is 21.0. The number of methoxy groups -OCH3 is 1. The number of hydrogen-bond acceptors (Lipinski definition) is 4. The second-order valence-corrected chi connectivity index (χ2v) is 9.60. The van der Waals surface area contributed by atoms with Crippen LogP contribution in [0.1, 0.15) is 22.9 Å². The summed E-state index contributed by atoms with van der Waals surface area (Å²) in [6, 6.07) is 18.7. The molecule has 0 spiro atoms. The summed E-state index contributed by atoms with van der Waals surface area (Å²) >= 11 is 5.48. The SMILES string of the molecule is COc1ccc(Cn2c(Br)c3c(c2-c2ccccc2)CCc2sc(NC(C)=O)nc2-3)cc1. The number of rotatable bonds is 5. The number of amides is 1. The average Bonchev–Trinajstić information content (AvgIpc) is 3.32. The number of carbonyl (C=O) groups is 1. The zero-order valence-electron chi connectivity index (χ0n) is 17.8. The van der Waals surface area contributed by atoms with Crippen LogP contribution in [0, 0.1) is 0 Å². The molecule has 4 aromatic rings. The Morgan fingerprint density at radius 3 is 2.59 bits per heavy atom. The highest BCUT2D eigenvalue weighted by molar-refractivity contribution is 9.10. The Bertz CT molecular complexity index is 1290. The van der Waals surface area contributed by atoms with Crippen LogP contribution in [0.2, 0.25) is 0 Å². The van der Waals surface area contributed by atoms with E-state index in [1.807, 2.05) is 18.2 Å². The Hall–Kier alpha value is -2.90. The highest BCUT2D eigenvalue weighted by Gasteiger charge is 2.30. The minimum Gasteiger partial charge on any atom is -0.497 e. The van der Waals surface area contributed by atoms with Crippen molar-refractivity contribution in [3.63, 3.8) is 0 Å². The van der Waals surface area contributed by atoms with Crippen LogP contribution < -0.4 is 10.1 Å². The topological polar surface area (TPSA) is 56.1 Å². The van der Waals surface area contributed by atoms with E-state index in [-0.39, 0.29) is 5.91 Å². The monoisotopic (exact) mass is 507 g/mol. The first-order chi connectivity index (χ1) is 15.5. The Labute approximate surface area is 199 Å². The lowest BCUT2D eigenvalue weighted by Gasteiger charge is -2.14. The number of carbonyl (C=O) groups excluding carboxylic acids is 1. The normalized spacial score (nSPS) is 12.2. The van der Waals surface area contributed by atoms with Crippen molar-refractivity contribution in [2.75, 3.05) is 12.4 Å². The molecule has 0 fully saturated rings. The van der Waals surface area contributed by atoms with Gasteiger partial charge in [0.25, 0.3) is 0 Å². The molecule has 5 nitrogen and oxygen atoms in total. The molecule has 5 rings (SSSR count). The van der Waals surface area contributed by atoms with E-state index in [1.54, 1.807) is 18.4 Å². The third-order valence-electron chi connectivity index (χ3n) is 5.67. The number of nitrogens with one attached hydrogen (secondary N) is 1. The Morgan fingerprint density at radius 2 is 1.91 bits per heavy atom. The van der Waals surface area contributed by atoms with Crippen LogP contribution in [0.25, 0.3) is 22.5 Å². The predicted octanol–water partition coefficient (Wildman–Crippen LogP) is 6.16. The molecule has 0 unspecified atom stereocenters. The third kappa shape index (κ3) is 3.76. The van der Waals surface area contributed by atoms with Gasteiger partial charge in [0.1, 0.15) is 5.75 Å². The molecular formula is C25H22BrN3O2S. The fraction of sp³-hybridized carbons (Fsp3) is 0.200. The van der Waals surface area contributed by atoms with Crippen molar-refractivity contribution < 1.29 is 9.53 Å². The van der Waals surface area contributed by atoms with Crippen LogP contribution in [0.15, 0.2) is 59.2 Å². The molecule has 2 heterocycles. The molecule has 2 aromatic carbocycles. The molecule has 0 aliphatic heterocycles. The maximum Gasteiger partial charge on any atom is 0.223 e. The Kier molecular flexibility index (Phi) is 5.61. The average molecular weight is 508 g/mol. The van der Waals surface area contributed by atoms with Crippen LogP contribution in [-0.2, 0) is 24.2 Å². The fourth-order valence-electron chi connectivity index (χ4n) is 4.27. The van der Waals surface area contributed by atoms with Gasteiger partial charge in [-0.05, 0) is 57.6 Å². The van der Waals surface area contributed by atoms with Crippen molar-refractivity contribution in [1.82, 2.24) is 9.55 Å². The summed E-state index contributed by atoms with van der Waals surface area (Å²) < 4.78 is 8.66. The second-order valence-electron chi connectivity index (χ2n) is 7.77. The largest absolute Gasteiger partial charge is 0.497 e. The van der Waals surface area contributed by atoms with Gasteiger partial charge >= 0.3 is 0 Å². The van der Waals surface area contributed by atoms with Gasteiger partial charge in [0.05, 0.1) is 23.1 Å². The lowest BCUT2D eigenvalue weighted by molar-refractivity contribution is -0.114. The molecule has 7 heteroatoms. The van der Waals surface area contributed by atoms with Gasteiger partial charge in [-0.2, -0.15) is 0 Å². The fourth-order valence-corrected chi connectivity index (χ4v) is 6.01. The van der Waals surface area contributed by atoms with Gasteiger partial charge in [0.15, 0.2) is 5.13 Å². The van der Waals surface area contributed by atoms with E-state index < -0.39 is 0 Å². The van der Waals surface area contributed by atoms with E-state index in [2.05, 4.69) is 62.2 Å². The third-order valence-corrected chi connectivity index (χ3v) is 7.52. The summed E-state index contributed by atoms with van der Waals surface area (Å²) in [4.78, 5) is 17.6. The highest BCUT2D eigenvalue weighted by atomic mass is 79.9. The van der Waals surface area contributed by atoms with E-state index >= 15 is 0 Å². The van der Waals surface area contributed by atoms with Gasteiger partial charge in [0.2, 0.25) is 5.91 Å². The molecule has 1 aliphatic carbocycles. The molecule has 1 aliphatic rings. The molecular weight excluding hydrogens is 486 g/mol. The van der Waals surface area contributed by atoms with E-state index in [9.17, 15) is 4.79 Å². The lowest BCUT2D eigenvalue weighted by atomic mass is 9.93. The molecule has 1 N–H and O–H groups in total. The Morgan fingerprint density at radius 1 is 1.16 bits per heavy atom. The molecule has 0 saturated heterocycles. The van der Waals surface area contributed by atoms with Gasteiger partial charge in [-0.15, -0.1) is 11.3 Å². The van der Waals surface area contributed by atoms with E-state index in [4.69, 9.17) is 9.72 Å².